The molecule has 33 heavy (non-hydrogen) atoms. The van der Waals surface area contributed by atoms with E-state index in [0.29, 0.717) is 23.6 Å². The van der Waals surface area contributed by atoms with Crippen molar-refractivity contribution >= 4 is 51.8 Å². The molecule has 0 aromatic heterocycles. The Morgan fingerprint density at radius 3 is 2.33 bits per heavy atom. The summed E-state index contributed by atoms with van der Waals surface area (Å²) in [6.45, 7) is 3.81. The SMILES string of the molecule is Cc1cccc(Cl)c1NC(=O)Nc1cc2ccccc2cc1C(=O)[N+]1(C(=O)O)CCC[C@H]1C. The van der Waals surface area contributed by atoms with Gasteiger partial charge in [-0.25, -0.2) is 9.59 Å². The second kappa shape index (κ2) is 8.84. The molecule has 1 fully saturated rings. The van der Waals surface area contributed by atoms with E-state index in [1.165, 1.54) is 0 Å². The van der Waals surface area contributed by atoms with Crippen molar-refractivity contribution in [2.45, 2.75) is 32.7 Å². The van der Waals surface area contributed by atoms with E-state index in [0.717, 1.165) is 16.3 Å². The van der Waals surface area contributed by atoms with Gasteiger partial charge in [0.2, 0.25) is 0 Å². The summed E-state index contributed by atoms with van der Waals surface area (Å²) in [7, 11) is 0. The Bertz CT molecular complexity index is 1260. The number of fused-ring (bicyclic) bond motifs is 1. The van der Waals surface area contributed by atoms with Gasteiger partial charge in [0, 0.05) is 12.8 Å². The Hall–Kier alpha value is -3.42. The third-order valence-corrected chi connectivity index (χ3v) is 6.73. The van der Waals surface area contributed by atoms with Gasteiger partial charge in [0.05, 0.1) is 22.9 Å². The second-order valence-corrected chi connectivity index (χ2v) is 8.83. The van der Waals surface area contributed by atoms with Crippen LogP contribution < -0.4 is 10.6 Å². The van der Waals surface area contributed by atoms with Gasteiger partial charge in [0.1, 0.15) is 11.6 Å². The van der Waals surface area contributed by atoms with Gasteiger partial charge in [0.25, 0.3) is 0 Å². The van der Waals surface area contributed by atoms with Crippen LogP contribution in [-0.2, 0) is 0 Å². The van der Waals surface area contributed by atoms with Crippen molar-refractivity contribution in [1.82, 2.24) is 0 Å². The number of benzene rings is 3. The molecule has 3 N–H and O–H groups in total. The zero-order valence-electron chi connectivity index (χ0n) is 18.4. The number of quaternary nitrogens is 1. The number of para-hydroxylation sites is 1. The molecule has 1 aliphatic heterocycles. The maximum Gasteiger partial charge on any atom is 0.521 e. The minimum absolute atomic E-state index is 0.163. The third-order valence-electron chi connectivity index (χ3n) is 6.41. The fourth-order valence-corrected chi connectivity index (χ4v) is 4.81. The molecule has 0 aliphatic carbocycles. The number of anilines is 2. The van der Waals surface area contributed by atoms with Gasteiger partial charge in [-0.1, -0.05) is 48.0 Å². The molecule has 1 unspecified atom stereocenters. The maximum atomic E-state index is 13.7. The first-order valence-electron chi connectivity index (χ1n) is 10.8. The Kier molecular flexibility index (Phi) is 6.10. The lowest BCUT2D eigenvalue weighted by Gasteiger charge is -2.30. The van der Waals surface area contributed by atoms with Crippen molar-refractivity contribution in [1.29, 1.82) is 0 Å². The van der Waals surface area contributed by atoms with Crippen molar-refractivity contribution < 1.29 is 24.0 Å². The number of nitrogens with one attached hydrogen (secondary N) is 2. The molecular weight excluding hydrogens is 442 g/mol. The number of carboxylic acid groups (broad SMARTS) is 1. The highest BCUT2D eigenvalue weighted by atomic mass is 35.5. The molecule has 1 saturated heterocycles. The van der Waals surface area contributed by atoms with Crippen LogP contribution in [0.4, 0.5) is 21.0 Å². The normalized spacial score (nSPS) is 19.9. The van der Waals surface area contributed by atoms with Gasteiger partial charge in [-0.05, 0) is 48.4 Å². The van der Waals surface area contributed by atoms with E-state index >= 15 is 0 Å². The highest BCUT2D eigenvalue weighted by molar-refractivity contribution is 6.34. The first-order valence-corrected chi connectivity index (χ1v) is 11.1. The number of urea groups is 1. The van der Waals surface area contributed by atoms with Crippen LogP contribution in [0.1, 0.15) is 35.7 Å². The number of aryl methyl sites for hydroxylation is 1. The van der Waals surface area contributed by atoms with E-state index in [1.54, 1.807) is 31.2 Å². The highest BCUT2D eigenvalue weighted by Gasteiger charge is 2.53. The lowest BCUT2D eigenvalue weighted by Crippen LogP contribution is -2.58. The van der Waals surface area contributed by atoms with Crippen LogP contribution in [0.15, 0.2) is 54.6 Å². The van der Waals surface area contributed by atoms with Crippen molar-refractivity contribution in [3.63, 3.8) is 0 Å². The molecule has 2 atom stereocenters. The van der Waals surface area contributed by atoms with Crippen LogP contribution >= 0.6 is 11.6 Å². The first kappa shape index (κ1) is 22.8. The molecule has 0 spiro atoms. The standard InChI is InChI=1S/C25H24ClN3O4/c1-15-7-5-11-20(26)22(15)28-24(31)27-21-14-18-10-4-3-9-17(18)13-19(21)23(30)29(25(32)33)12-6-8-16(29)2/h3-5,7,9-11,13-14,16H,6,8,12H2,1-2H3,(H2-,27,28,30,31,32,33)/p+1/t16-,29?/m1/s1. The average Bonchev–Trinajstić information content (AvgIpc) is 3.18. The van der Waals surface area contributed by atoms with E-state index in [2.05, 4.69) is 10.6 Å². The van der Waals surface area contributed by atoms with Gasteiger partial charge in [-0.15, -0.1) is 0 Å². The van der Waals surface area contributed by atoms with E-state index in [1.807, 2.05) is 37.3 Å². The lowest BCUT2D eigenvalue weighted by atomic mass is 10.0. The van der Waals surface area contributed by atoms with E-state index < -0.39 is 22.5 Å². The minimum Gasteiger partial charge on any atom is -0.435 e. The van der Waals surface area contributed by atoms with Crippen LogP contribution in [0.3, 0.4) is 0 Å². The number of imide groups is 1. The molecule has 8 heteroatoms. The Morgan fingerprint density at radius 1 is 1.03 bits per heavy atom. The van der Waals surface area contributed by atoms with Crippen molar-refractivity contribution in [2.75, 3.05) is 17.2 Å². The van der Waals surface area contributed by atoms with Gasteiger partial charge in [-0.2, -0.15) is 9.28 Å². The molecule has 3 aromatic rings. The van der Waals surface area contributed by atoms with E-state index in [9.17, 15) is 19.5 Å². The van der Waals surface area contributed by atoms with Crippen LogP contribution in [0.2, 0.25) is 5.02 Å². The molecule has 0 radical (unpaired) electrons. The predicted molar refractivity (Wildman–Crippen MR) is 129 cm³/mol. The summed E-state index contributed by atoms with van der Waals surface area (Å²) >= 11 is 6.23. The lowest BCUT2D eigenvalue weighted by molar-refractivity contribution is -0.785. The predicted octanol–water partition coefficient (Wildman–Crippen LogP) is 6.26. The number of hydrogen-bond donors (Lipinski definition) is 3. The molecule has 4 amide bonds. The van der Waals surface area contributed by atoms with Gasteiger partial charge < -0.3 is 15.7 Å². The summed E-state index contributed by atoms with van der Waals surface area (Å²) in [5.74, 6) is -0.539. The molecule has 3 aromatic carbocycles. The molecule has 4 rings (SSSR count). The summed E-state index contributed by atoms with van der Waals surface area (Å²) in [6, 6.07) is 15.1. The number of rotatable bonds is 3. The number of likely N-dealkylation sites (tertiary alicyclic amines) is 1. The average molecular weight is 467 g/mol. The Balaban J connectivity index is 1.76. The smallest absolute Gasteiger partial charge is 0.435 e. The molecular formula is C25H25ClN3O4+. The zero-order chi connectivity index (χ0) is 23.8. The molecule has 7 nitrogen and oxygen atoms in total. The maximum absolute atomic E-state index is 13.7. The summed E-state index contributed by atoms with van der Waals surface area (Å²) in [4.78, 5) is 38.9. The van der Waals surface area contributed by atoms with Crippen molar-refractivity contribution in [3.05, 3.63) is 70.7 Å². The van der Waals surface area contributed by atoms with Crippen molar-refractivity contribution in [3.8, 4) is 0 Å². The minimum atomic E-state index is -1.18. The summed E-state index contributed by atoms with van der Waals surface area (Å²) in [6.07, 6.45) is 0.0999. The summed E-state index contributed by atoms with van der Waals surface area (Å²) < 4.78 is -0.682. The van der Waals surface area contributed by atoms with Crippen LogP contribution in [0, 0.1) is 6.92 Å². The third kappa shape index (κ3) is 4.05. The van der Waals surface area contributed by atoms with Gasteiger partial charge in [0.15, 0.2) is 0 Å². The number of hydrogen-bond acceptors (Lipinski definition) is 3. The first-order chi connectivity index (χ1) is 15.7. The van der Waals surface area contributed by atoms with E-state index in [4.69, 9.17) is 11.6 Å². The second-order valence-electron chi connectivity index (χ2n) is 8.43. The van der Waals surface area contributed by atoms with Crippen LogP contribution in [0.5, 0.6) is 0 Å². The van der Waals surface area contributed by atoms with Crippen LogP contribution in [0.25, 0.3) is 10.8 Å². The quantitative estimate of drug-likeness (QED) is 0.397. The molecule has 170 valence electrons. The highest BCUT2D eigenvalue weighted by Crippen LogP contribution is 2.34. The summed E-state index contributed by atoms with van der Waals surface area (Å²) in [5.41, 5.74) is 1.66. The summed E-state index contributed by atoms with van der Waals surface area (Å²) in [5, 5.41) is 17.5. The molecule has 1 aliphatic rings. The number of carbonyl (C=O) groups is 3. The molecule has 0 bridgehead atoms. The topological polar surface area (TPSA) is 95.5 Å². The molecule has 0 saturated carbocycles. The number of nitrogens with zero attached hydrogens (tertiary/aromatic N) is 1. The Morgan fingerprint density at radius 2 is 1.73 bits per heavy atom. The van der Waals surface area contributed by atoms with Crippen LogP contribution in [-0.4, -0.2) is 40.2 Å². The van der Waals surface area contributed by atoms with E-state index in [-0.39, 0.29) is 23.8 Å². The number of halogens is 1. The zero-order valence-corrected chi connectivity index (χ0v) is 19.1. The van der Waals surface area contributed by atoms with Gasteiger partial charge >= 0.3 is 18.0 Å². The monoisotopic (exact) mass is 466 g/mol. The Labute approximate surface area is 196 Å². The largest absolute Gasteiger partial charge is 0.521 e. The fourth-order valence-electron chi connectivity index (χ4n) is 4.54. The van der Waals surface area contributed by atoms with Gasteiger partial charge in [-0.3, -0.25) is 0 Å². The fraction of sp³-hybridized carbons (Fsp3) is 0.240. The number of amides is 4. The van der Waals surface area contributed by atoms with Crippen molar-refractivity contribution in [2.24, 2.45) is 0 Å². The molecule has 1 heterocycles. The number of carbonyl (C=O) groups excluding carboxylic acids is 2.